The molecule has 0 spiro atoms. The number of phenolic OH excluding ortho intramolecular Hbond substituents is 1. The standard InChI is InChI=1S/C65H74N3O.Pt/c1-40-30-42(38-61(3,4)5)26-28-49(40)51-37-55(66-39-41(51)2)45-31-44(32-47(33-45)63(9,10)11)50-24-21-25-57-58(50)67-60(53-35-48(64(12,13)14)36-54(59(53)69)65(15,16)17)68(57)56-29-27-46(62(6,7)8)34-52(56)43-22-19-18-20-23-43;/h18-30,32-37,39,69H,38H2,1-17H3;/q-1;/i1D3,2D3,38D2;. The summed E-state index contributed by atoms with van der Waals surface area (Å²) in [6.45, 7) is 25.7. The van der Waals surface area contributed by atoms with Crippen LogP contribution >= 0.6 is 0 Å². The minimum absolute atomic E-state index is 0. The summed E-state index contributed by atoms with van der Waals surface area (Å²) in [6.07, 6.45) is -0.609. The molecule has 0 saturated heterocycles. The molecule has 0 fully saturated rings. The number of benzene rings is 6. The Morgan fingerprint density at radius 3 is 1.84 bits per heavy atom. The van der Waals surface area contributed by atoms with E-state index in [2.05, 4.69) is 148 Å². The van der Waals surface area contributed by atoms with Gasteiger partial charge in [-0.2, -0.15) is 0 Å². The summed E-state index contributed by atoms with van der Waals surface area (Å²) >= 11 is 0. The van der Waals surface area contributed by atoms with Crippen LogP contribution in [-0.4, -0.2) is 19.6 Å². The van der Waals surface area contributed by atoms with E-state index in [-0.39, 0.29) is 65.5 Å². The van der Waals surface area contributed by atoms with Crippen LogP contribution in [0.3, 0.4) is 0 Å². The van der Waals surface area contributed by atoms with E-state index in [0.717, 1.165) is 44.6 Å². The summed E-state index contributed by atoms with van der Waals surface area (Å²) in [7, 11) is 0. The first kappa shape index (κ1) is 42.1. The molecule has 0 atom stereocenters. The van der Waals surface area contributed by atoms with Gasteiger partial charge in [0.25, 0.3) is 0 Å². The van der Waals surface area contributed by atoms with Gasteiger partial charge in [0.15, 0.2) is 0 Å². The second-order valence-corrected chi connectivity index (χ2v) is 23.9. The van der Waals surface area contributed by atoms with Gasteiger partial charge in [0.1, 0.15) is 11.6 Å². The summed E-state index contributed by atoms with van der Waals surface area (Å²) in [5.41, 5.74) is 9.40. The SMILES string of the molecule is [2H]C([2H])([2H])c1cnc(-c2[c-]c(-c3cccc4c3nc(-c3cc(C(C)(C)C)cc(C(C)(C)C)c3O)n4-c3ccc(C(C)(C)C)cc3-c3ccccc3)cc(C(C)(C)C)c2)cc1-c1ccc(C([2H])([2H])C(C)(C)C)cc1C([2H])([2H])[2H].[Pt]. The fourth-order valence-electron chi connectivity index (χ4n) is 9.00. The Labute approximate surface area is 445 Å². The van der Waals surface area contributed by atoms with Gasteiger partial charge >= 0.3 is 0 Å². The first-order chi connectivity index (χ1) is 35.3. The molecule has 4 nitrogen and oxygen atoms in total. The number of hydrogen-bond donors (Lipinski definition) is 1. The molecule has 0 aliphatic carbocycles. The smallest absolute Gasteiger partial charge is 0.148 e. The molecule has 0 aliphatic heterocycles. The van der Waals surface area contributed by atoms with Crippen molar-refractivity contribution in [2.75, 3.05) is 0 Å². The van der Waals surface area contributed by atoms with Crippen molar-refractivity contribution in [3.05, 3.63) is 166 Å². The molecule has 0 bridgehead atoms. The van der Waals surface area contributed by atoms with Gasteiger partial charge in [0, 0.05) is 55.0 Å². The number of rotatable bonds is 7. The molecular formula is C65H74N3OPt-. The van der Waals surface area contributed by atoms with Crippen LogP contribution in [0.25, 0.3) is 72.7 Å². The number of aromatic nitrogens is 3. The van der Waals surface area contributed by atoms with Crippen LogP contribution in [0.1, 0.15) is 154 Å². The number of hydrogen-bond acceptors (Lipinski definition) is 3. The predicted octanol–water partition coefficient (Wildman–Crippen LogP) is 17.7. The van der Waals surface area contributed by atoms with Gasteiger partial charge in [-0.15, -0.1) is 29.3 Å². The van der Waals surface area contributed by atoms with E-state index >= 15 is 0 Å². The molecule has 0 aliphatic rings. The van der Waals surface area contributed by atoms with Crippen molar-refractivity contribution in [3.8, 4) is 67.5 Å². The molecule has 5 heteroatoms. The van der Waals surface area contributed by atoms with Crippen molar-refractivity contribution >= 4 is 11.0 Å². The van der Waals surface area contributed by atoms with Gasteiger partial charge in [0.2, 0.25) is 0 Å². The number of nitrogens with zero attached hydrogens (tertiary/aromatic N) is 3. The van der Waals surface area contributed by atoms with E-state index in [0.29, 0.717) is 33.7 Å². The minimum atomic E-state index is -2.73. The maximum Gasteiger partial charge on any atom is 0.148 e. The van der Waals surface area contributed by atoms with E-state index in [1.165, 1.54) is 23.9 Å². The maximum atomic E-state index is 12.6. The summed E-state index contributed by atoms with van der Waals surface area (Å²) in [4.78, 5) is 10.4. The quantitative estimate of drug-likeness (QED) is 0.162. The second kappa shape index (κ2) is 18.9. The van der Waals surface area contributed by atoms with Crippen molar-refractivity contribution < 1.29 is 37.1 Å². The fraction of sp³-hybridized carbons (Fsp3) is 0.354. The van der Waals surface area contributed by atoms with Gasteiger partial charge in [-0.1, -0.05) is 194 Å². The summed E-state index contributed by atoms with van der Waals surface area (Å²) in [5.74, 6) is 0.721. The van der Waals surface area contributed by atoms with Gasteiger partial charge < -0.3 is 5.11 Å². The number of aromatic hydroxyl groups is 1. The Kier molecular flexibility index (Phi) is 11.4. The summed E-state index contributed by atoms with van der Waals surface area (Å²) < 4.78 is 72.1. The molecule has 8 aromatic rings. The zero-order valence-electron chi connectivity index (χ0n) is 51.7. The third kappa shape index (κ3) is 10.7. The zero-order chi connectivity index (χ0) is 57.0. The van der Waals surface area contributed by atoms with Crippen LogP contribution in [0.2, 0.25) is 0 Å². The third-order valence-electron chi connectivity index (χ3n) is 12.9. The molecule has 70 heavy (non-hydrogen) atoms. The Hall–Kier alpha value is -5.57. The molecule has 2 heterocycles. The Bertz CT molecular complexity index is 3560. The molecule has 2 aromatic heterocycles. The molecule has 0 unspecified atom stereocenters. The van der Waals surface area contributed by atoms with Gasteiger partial charge in [-0.25, -0.2) is 4.98 Å². The van der Waals surface area contributed by atoms with Crippen molar-refractivity contribution in [3.63, 3.8) is 0 Å². The normalized spacial score (nSPS) is 14.9. The largest absolute Gasteiger partial charge is 0.507 e. The number of imidazole rings is 1. The van der Waals surface area contributed by atoms with Crippen LogP contribution in [0.4, 0.5) is 0 Å². The number of para-hydroxylation sites is 1. The number of fused-ring (bicyclic) bond motifs is 1. The average molecular weight is 1120 g/mol. The Balaban J connectivity index is 0.00000882. The van der Waals surface area contributed by atoms with E-state index in [1.807, 2.05) is 36.4 Å². The average Bonchev–Trinajstić information content (AvgIpc) is 3.75. The molecule has 1 N–H and O–H groups in total. The van der Waals surface area contributed by atoms with Crippen molar-refractivity contribution in [1.29, 1.82) is 0 Å². The summed E-state index contributed by atoms with van der Waals surface area (Å²) in [5, 5.41) is 12.6. The summed E-state index contributed by atoms with van der Waals surface area (Å²) in [6, 6.07) is 41.1. The van der Waals surface area contributed by atoms with Crippen LogP contribution in [0.5, 0.6) is 5.75 Å². The van der Waals surface area contributed by atoms with Crippen molar-refractivity contribution in [2.45, 2.75) is 146 Å². The predicted molar refractivity (Wildman–Crippen MR) is 294 cm³/mol. The van der Waals surface area contributed by atoms with Gasteiger partial charge in [-0.05, 0) is 116 Å². The Morgan fingerprint density at radius 2 is 1.21 bits per heavy atom. The van der Waals surface area contributed by atoms with E-state index in [1.54, 1.807) is 32.9 Å². The van der Waals surface area contributed by atoms with Crippen LogP contribution in [0, 0.1) is 25.2 Å². The van der Waals surface area contributed by atoms with E-state index in [9.17, 15) is 5.11 Å². The number of aryl methyl sites for hydroxylation is 2. The van der Waals surface area contributed by atoms with E-state index < -0.39 is 36.3 Å². The van der Waals surface area contributed by atoms with E-state index in [4.69, 9.17) is 20.9 Å². The van der Waals surface area contributed by atoms with Crippen molar-refractivity contribution in [2.24, 2.45) is 5.41 Å². The molecule has 0 amide bonds. The van der Waals surface area contributed by atoms with Crippen LogP contribution in [0.15, 0.2) is 121 Å². The molecule has 366 valence electrons. The monoisotopic (exact) mass is 1120 g/mol. The molecule has 0 saturated carbocycles. The first-order valence-corrected chi connectivity index (χ1v) is 24.1. The van der Waals surface area contributed by atoms with Crippen molar-refractivity contribution in [1.82, 2.24) is 14.5 Å². The topological polar surface area (TPSA) is 50.9 Å². The molecule has 8 rings (SSSR count). The van der Waals surface area contributed by atoms with Crippen LogP contribution < -0.4 is 0 Å². The van der Waals surface area contributed by atoms with Gasteiger partial charge in [-0.3, -0.25) is 9.55 Å². The molecule has 6 aromatic carbocycles. The first-order valence-electron chi connectivity index (χ1n) is 28.1. The Morgan fingerprint density at radius 1 is 0.571 bits per heavy atom. The second-order valence-electron chi connectivity index (χ2n) is 23.9. The fourth-order valence-corrected chi connectivity index (χ4v) is 9.00. The number of phenols is 1. The molecule has 0 radical (unpaired) electrons. The minimum Gasteiger partial charge on any atom is -0.507 e. The number of pyridine rings is 1. The third-order valence-corrected chi connectivity index (χ3v) is 12.9. The maximum absolute atomic E-state index is 12.6. The zero-order valence-corrected chi connectivity index (χ0v) is 45.9. The van der Waals surface area contributed by atoms with Gasteiger partial charge in [0.05, 0.1) is 22.3 Å². The van der Waals surface area contributed by atoms with Crippen LogP contribution in [-0.2, 0) is 49.1 Å². The molecular weight excluding hydrogens is 1030 g/mol.